The van der Waals surface area contributed by atoms with E-state index in [-0.39, 0.29) is 5.41 Å². The molecule has 1 heterocycles. The number of nitrogens with zero attached hydrogens (tertiary/aromatic N) is 1. The molecule has 0 unspecified atom stereocenters. The van der Waals surface area contributed by atoms with Gasteiger partial charge in [-0.2, -0.15) is 0 Å². The number of rotatable bonds is 5. The van der Waals surface area contributed by atoms with Crippen molar-refractivity contribution in [3.05, 3.63) is 251 Å². The predicted molar refractivity (Wildman–Crippen MR) is 265 cm³/mol. The van der Waals surface area contributed by atoms with Crippen LogP contribution in [0.5, 0.6) is 11.5 Å². The number of anilines is 3. The molecule has 304 valence electrons. The summed E-state index contributed by atoms with van der Waals surface area (Å²) in [4.78, 5) is 2.47. The lowest BCUT2D eigenvalue weighted by Gasteiger charge is -2.40. The zero-order valence-electron chi connectivity index (χ0n) is 36.0. The van der Waals surface area contributed by atoms with Gasteiger partial charge in [-0.3, -0.25) is 0 Å². The number of benzene rings is 9. The van der Waals surface area contributed by atoms with Crippen molar-refractivity contribution in [2.75, 3.05) is 4.90 Å². The third-order valence-electron chi connectivity index (χ3n) is 14.6. The minimum atomic E-state index is -0.571. The van der Waals surface area contributed by atoms with Gasteiger partial charge in [-0.15, -0.1) is 0 Å². The van der Waals surface area contributed by atoms with Gasteiger partial charge in [-0.1, -0.05) is 178 Å². The minimum absolute atomic E-state index is 0.265. The van der Waals surface area contributed by atoms with Gasteiger partial charge in [0.2, 0.25) is 0 Å². The lowest BCUT2D eigenvalue weighted by Crippen LogP contribution is -2.32. The van der Waals surface area contributed by atoms with Gasteiger partial charge in [0.05, 0.1) is 5.41 Å². The molecule has 1 aliphatic heterocycles. The highest BCUT2D eigenvalue weighted by Gasteiger charge is 2.51. The Morgan fingerprint density at radius 3 is 1.83 bits per heavy atom. The number of hydrogen-bond donors (Lipinski definition) is 0. The second-order valence-corrected chi connectivity index (χ2v) is 18.3. The highest BCUT2D eigenvalue weighted by Crippen LogP contribution is 2.63. The van der Waals surface area contributed by atoms with E-state index in [0.29, 0.717) is 0 Å². The molecular formula is C62H45NO. The van der Waals surface area contributed by atoms with Crippen LogP contribution in [0.2, 0.25) is 0 Å². The molecule has 2 nitrogen and oxygen atoms in total. The van der Waals surface area contributed by atoms with Crippen LogP contribution in [-0.4, -0.2) is 0 Å². The highest BCUT2D eigenvalue weighted by atomic mass is 16.5. The van der Waals surface area contributed by atoms with E-state index in [9.17, 15) is 0 Å². The number of ether oxygens (including phenoxy) is 1. The fourth-order valence-electron chi connectivity index (χ4n) is 11.7. The largest absolute Gasteiger partial charge is 0.457 e. The maximum atomic E-state index is 6.90. The van der Waals surface area contributed by atoms with E-state index in [1.807, 2.05) is 0 Å². The summed E-state index contributed by atoms with van der Waals surface area (Å²) in [5.41, 5.74) is 20.3. The lowest BCUT2D eigenvalue weighted by molar-refractivity contribution is 0.436. The summed E-state index contributed by atoms with van der Waals surface area (Å²) >= 11 is 0. The third-order valence-corrected chi connectivity index (χ3v) is 14.6. The molecule has 13 rings (SSSR count). The number of fused-ring (bicyclic) bond motifs is 11. The van der Waals surface area contributed by atoms with Gasteiger partial charge in [0.25, 0.3) is 0 Å². The zero-order valence-corrected chi connectivity index (χ0v) is 36.0. The SMILES string of the molecule is CC1(C)c2cc(N(c3ccc(C4=CC=CCC4)cc3)c3ccc4c(c3)C3(c5ccccc5O4)c4ccccc4-c4ccccc43)ccc2-c2c(-c3ccccc3)ccc3cccc1c23. The van der Waals surface area contributed by atoms with Crippen LogP contribution in [0, 0.1) is 0 Å². The summed E-state index contributed by atoms with van der Waals surface area (Å²) < 4.78 is 6.90. The van der Waals surface area contributed by atoms with Gasteiger partial charge >= 0.3 is 0 Å². The summed E-state index contributed by atoms with van der Waals surface area (Å²) in [7, 11) is 0. The Morgan fingerprint density at radius 2 is 1.08 bits per heavy atom. The molecule has 0 fully saturated rings. The van der Waals surface area contributed by atoms with E-state index in [4.69, 9.17) is 4.74 Å². The van der Waals surface area contributed by atoms with E-state index in [1.54, 1.807) is 0 Å². The van der Waals surface area contributed by atoms with Crippen LogP contribution in [-0.2, 0) is 10.8 Å². The maximum Gasteiger partial charge on any atom is 0.132 e. The molecule has 0 atom stereocenters. The second kappa shape index (κ2) is 13.9. The first-order valence-corrected chi connectivity index (χ1v) is 22.6. The molecular weight excluding hydrogens is 775 g/mol. The van der Waals surface area contributed by atoms with Crippen LogP contribution in [0.1, 0.15) is 65.6 Å². The molecule has 3 aliphatic carbocycles. The molecule has 0 saturated heterocycles. The van der Waals surface area contributed by atoms with Crippen molar-refractivity contribution >= 4 is 33.4 Å². The summed E-state index contributed by atoms with van der Waals surface area (Å²) in [5, 5.41) is 2.63. The Kier molecular flexibility index (Phi) is 8.03. The van der Waals surface area contributed by atoms with Crippen molar-refractivity contribution in [3.8, 4) is 44.9 Å². The van der Waals surface area contributed by atoms with Crippen LogP contribution in [0.25, 0.3) is 49.7 Å². The Bertz CT molecular complexity index is 3400. The minimum Gasteiger partial charge on any atom is -0.457 e. The molecule has 0 N–H and O–H groups in total. The smallest absolute Gasteiger partial charge is 0.132 e. The highest BCUT2D eigenvalue weighted by molar-refractivity contribution is 6.09. The molecule has 0 saturated carbocycles. The van der Waals surface area contributed by atoms with Crippen LogP contribution >= 0.6 is 0 Å². The fourth-order valence-corrected chi connectivity index (χ4v) is 11.7. The first kappa shape index (κ1) is 36.9. The average molecular weight is 820 g/mol. The standard InChI is InChI=1S/C62H45NO/c1-61(2)54-26-15-20-43-30-35-47(42-18-7-4-8-19-42)60(59(43)54)50-36-33-45(38-55(50)61)63(44-31-28-41(29-32-44)40-16-5-3-6-17-40)46-34-37-58-56(39-46)62(53-25-13-14-27-57(53)64-58)51-23-11-9-21-48(51)49-22-10-12-24-52(49)62/h3-5,7-16,18-39H,6,17H2,1-2H3. The second-order valence-electron chi connectivity index (χ2n) is 18.3. The quantitative estimate of drug-likeness (QED) is 0.171. The predicted octanol–water partition coefficient (Wildman–Crippen LogP) is 16.5. The molecule has 2 heteroatoms. The summed E-state index contributed by atoms with van der Waals surface area (Å²) in [5.74, 6) is 1.78. The number of hydrogen-bond acceptors (Lipinski definition) is 2. The van der Waals surface area contributed by atoms with Gasteiger partial charge in [0, 0.05) is 33.6 Å². The van der Waals surface area contributed by atoms with Crippen LogP contribution in [0.3, 0.4) is 0 Å². The summed E-state index contributed by atoms with van der Waals surface area (Å²) in [6, 6.07) is 72.3. The summed E-state index contributed by atoms with van der Waals surface area (Å²) in [6.07, 6.45) is 8.84. The van der Waals surface area contributed by atoms with E-state index >= 15 is 0 Å². The van der Waals surface area contributed by atoms with Crippen LogP contribution in [0.15, 0.2) is 212 Å². The Labute approximate surface area is 375 Å². The first-order valence-electron chi connectivity index (χ1n) is 22.6. The third kappa shape index (κ3) is 5.20. The molecule has 0 aromatic heterocycles. The molecule has 64 heavy (non-hydrogen) atoms. The van der Waals surface area contributed by atoms with Crippen molar-refractivity contribution in [3.63, 3.8) is 0 Å². The molecule has 0 radical (unpaired) electrons. The van der Waals surface area contributed by atoms with Crippen molar-refractivity contribution in [2.45, 2.75) is 37.5 Å². The Morgan fingerprint density at radius 1 is 0.453 bits per heavy atom. The first-order chi connectivity index (χ1) is 31.5. The fraction of sp³-hybridized carbons (Fsp3) is 0.0968. The van der Waals surface area contributed by atoms with Gasteiger partial charge in [-0.05, 0) is 139 Å². The van der Waals surface area contributed by atoms with Crippen molar-refractivity contribution in [2.24, 2.45) is 0 Å². The van der Waals surface area contributed by atoms with Gasteiger partial charge in [-0.25, -0.2) is 0 Å². The van der Waals surface area contributed by atoms with Gasteiger partial charge in [0.15, 0.2) is 0 Å². The molecule has 1 spiro atoms. The van der Waals surface area contributed by atoms with Crippen molar-refractivity contribution in [1.82, 2.24) is 0 Å². The molecule has 9 aromatic carbocycles. The molecule has 9 aromatic rings. The van der Waals surface area contributed by atoms with Gasteiger partial charge in [0.1, 0.15) is 11.5 Å². The number of para-hydroxylation sites is 1. The molecule has 0 amide bonds. The van der Waals surface area contributed by atoms with E-state index in [0.717, 1.165) is 47.0 Å². The van der Waals surface area contributed by atoms with E-state index < -0.39 is 5.41 Å². The molecule has 0 bridgehead atoms. The lowest BCUT2D eigenvalue weighted by atomic mass is 9.66. The topological polar surface area (TPSA) is 12.5 Å². The van der Waals surface area contributed by atoms with E-state index in [2.05, 4.69) is 231 Å². The Balaban J connectivity index is 1.05. The van der Waals surface area contributed by atoms with Crippen LogP contribution < -0.4 is 9.64 Å². The normalized spacial score (nSPS) is 15.3. The van der Waals surface area contributed by atoms with Crippen molar-refractivity contribution < 1.29 is 4.74 Å². The summed E-state index contributed by atoms with van der Waals surface area (Å²) in [6.45, 7) is 4.81. The number of allylic oxidation sites excluding steroid dienone is 4. The maximum absolute atomic E-state index is 6.90. The van der Waals surface area contributed by atoms with Crippen molar-refractivity contribution in [1.29, 1.82) is 0 Å². The monoisotopic (exact) mass is 819 g/mol. The molecule has 4 aliphatic rings. The average Bonchev–Trinajstić information content (AvgIpc) is 3.64. The van der Waals surface area contributed by atoms with Gasteiger partial charge < -0.3 is 9.64 Å². The van der Waals surface area contributed by atoms with E-state index in [1.165, 1.54) is 83.1 Å². The zero-order chi connectivity index (χ0) is 42.6. The Hall–Kier alpha value is -7.68. The van der Waals surface area contributed by atoms with Crippen LogP contribution in [0.4, 0.5) is 17.1 Å².